The zero-order chi connectivity index (χ0) is 16.2. The van der Waals surface area contributed by atoms with Crippen LogP contribution in [-0.4, -0.2) is 31.5 Å². The Morgan fingerprint density at radius 1 is 1.17 bits per heavy atom. The lowest BCUT2D eigenvalue weighted by Crippen LogP contribution is -2.07. The van der Waals surface area contributed by atoms with Crippen molar-refractivity contribution in [2.24, 2.45) is 0 Å². The van der Waals surface area contributed by atoms with E-state index in [1.807, 2.05) is 19.1 Å². The summed E-state index contributed by atoms with van der Waals surface area (Å²) in [5, 5.41) is 9.82. The van der Waals surface area contributed by atoms with Gasteiger partial charge < -0.3 is 19.3 Å². The van der Waals surface area contributed by atoms with Crippen LogP contribution in [-0.2, 0) is 11.2 Å². The third-order valence-corrected chi connectivity index (χ3v) is 3.95. The van der Waals surface area contributed by atoms with Crippen LogP contribution < -0.4 is 9.47 Å². The highest BCUT2D eigenvalue weighted by Gasteiger charge is 2.19. The highest BCUT2D eigenvalue weighted by Crippen LogP contribution is 2.40. The lowest BCUT2D eigenvalue weighted by atomic mass is 9.93. The number of hydrogen-bond donors (Lipinski definition) is 1. The number of aryl methyl sites for hydroxylation is 1. The van der Waals surface area contributed by atoms with Gasteiger partial charge in [-0.25, -0.2) is 0 Å². The second-order valence-corrected chi connectivity index (χ2v) is 5.60. The van der Waals surface area contributed by atoms with E-state index < -0.39 is 0 Å². The van der Waals surface area contributed by atoms with Crippen molar-refractivity contribution in [3.05, 3.63) is 41.5 Å². The van der Waals surface area contributed by atoms with Crippen molar-refractivity contribution in [2.75, 3.05) is 26.4 Å². The van der Waals surface area contributed by atoms with Crippen LogP contribution in [0, 0.1) is 6.92 Å². The molecule has 0 saturated heterocycles. The minimum Gasteiger partial charge on any atom is -0.508 e. The molecule has 23 heavy (non-hydrogen) atoms. The number of ether oxygens (including phenoxy) is 3. The first-order chi connectivity index (χ1) is 11.2. The molecule has 1 N–H and O–H groups in total. The van der Waals surface area contributed by atoms with E-state index in [9.17, 15) is 5.11 Å². The van der Waals surface area contributed by atoms with E-state index in [0.29, 0.717) is 26.4 Å². The molecule has 0 atom stereocenters. The fourth-order valence-corrected chi connectivity index (χ4v) is 2.96. The number of phenols is 1. The highest BCUT2D eigenvalue weighted by atomic mass is 16.5. The molecule has 0 spiro atoms. The third kappa shape index (κ3) is 3.42. The minimum absolute atomic E-state index is 0.247. The quantitative estimate of drug-likeness (QED) is 0.855. The maximum Gasteiger partial charge on any atom is 0.127 e. The summed E-state index contributed by atoms with van der Waals surface area (Å²) in [4.78, 5) is 0. The predicted molar refractivity (Wildman–Crippen MR) is 89.5 cm³/mol. The number of phenolic OH excluding ortho intramolecular Hbond substituents is 1. The Morgan fingerprint density at radius 3 is 2.87 bits per heavy atom. The van der Waals surface area contributed by atoms with Gasteiger partial charge in [-0.1, -0.05) is 0 Å². The molecule has 1 heterocycles. The summed E-state index contributed by atoms with van der Waals surface area (Å²) in [6, 6.07) is 9.35. The van der Waals surface area contributed by atoms with Gasteiger partial charge in [0.2, 0.25) is 0 Å². The standard InChI is InChI=1S/C19H22O4/c1-3-21-8-9-22-16-10-13(2)19-14(11-16)6-7-23-18-5-4-15(20)12-17(18)19/h4-5,10-12,20H,3,6-9H2,1-2H3. The van der Waals surface area contributed by atoms with E-state index in [0.717, 1.165) is 34.6 Å². The summed E-state index contributed by atoms with van der Waals surface area (Å²) >= 11 is 0. The Morgan fingerprint density at radius 2 is 2.04 bits per heavy atom. The lowest BCUT2D eigenvalue weighted by Gasteiger charge is -2.15. The highest BCUT2D eigenvalue weighted by molar-refractivity contribution is 5.78. The summed E-state index contributed by atoms with van der Waals surface area (Å²) < 4.78 is 16.9. The molecular weight excluding hydrogens is 292 g/mol. The molecule has 4 nitrogen and oxygen atoms in total. The SMILES string of the molecule is CCOCCOc1cc(C)c2c(c1)CCOc1ccc(O)cc1-2. The van der Waals surface area contributed by atoms with Crippen molar-refractivity contribution in [2.45, 2.75) is 20.3 Å². The topological polar surface area (TPSA) is 47.9 Å². The largest absolute Gasteiger partial charge is 0.508 e. The van der Waals surface area contributed by atoms with E-state index in [2.05, 4.69) is 13.0 Å². The van der Waals surface area contributed by atoms with Gasteiger partial charge in [0.15, 0.2) is 0 Å². The molecule has 0 aromatic heterocycles. The zero-order valence-electron chi connectivity index (χ0n) is 13.6. The van der Waals surface area contributed by atoms with E-state index >= 15 is 0 Å². The summed E-state index contributed by atoms with van der Waals surface area (Å²) in [7, 11) is 0. The van der Waals surface area contributed by atoms with Crippen molar-refractivity contribution >= 4 is 0 Å². The summed E-state index contributed by atoms with van der Waals surface area (Å²) in [5.41, 5.74) is 4.37. The van der Waals surface area contributed by atoms with Gasteiger partial charge in [0.25, 0.3) is 0 Å². The smallest absolute Gasteiger partial charge is 0.127 e. The molecule has 0 aliphatic carbocycles. The average Bonchev–Trinajstić information content (AvgIpc) is 2.70. The van der Waals surface area contributed by atoms with E-state index in [-0.39, 0.29) is 5.75 Å². The van der Waals surface area contributed by atoms with Crippen molar-refractivity contribution in [3.63, 3.8) is 0 Å². The van der Waals surface area contributed by atoms with Crippen LogP contribution in [0.1, 0.15) is 18.1 Å². The molecule has 1 aliphatic heterocycles. The van der Waals surface area contributed by atoms with Gasteiger partial charge >= 0.3 is 0 Å². The maximum atomic E-state index is 9.82. The maximum absolute atomic E-state index is 9.82. The second-order valence-electron chi connectivity index (χ2n) is 5.60. The zero-order valence-corrected chi connectivity index (χ0v) is 13.6. The summed E-state index contributed by atoms with van der Waals surface area (Å²) in [6.45, 7) is 6.48. The number of aromatic hydroxyl groups is 1. The Labute approximate surface area is 136 Å². The molecule has 2 aromatic carbocycles. The van der Waals surface area contributed by atoms with Crippen molar-refractivity contribution in [3.8, 4) is 28.4 Å². The minimum atomic E-state index is 0.247. The molecule has 0 fully saturated rings. The van der Waals surface area contributed by atoms with E-state index in [4.69, 9.17) is 14.2 Å². The average molecular weight is 314 g/mol. The molecular formula is C19H22O4. The van der Waals surface area contributed by atoms with Crippen LogP contribution in [0.3, 0.4) is 0 Å². The molecule has 0 saturated carbocycles. The lowest BCUT2D eigenvalue weighted by molar-refractivity contribution is 0.110. The molecule has 2 aromatic rings. The number of hydrogen-bond acceptors (Lipinski definition) is 4. The molecule has 3 rings (SSSR count). The second kappa shape index (κ2) is 6.92. The molecule has 0 amide bonds. The van der Waals surface area contributed by atoms with Gasteiger partial charge in [0, 0.05) is 18.6 Å². The number of rotatable bonds is 5. The number of benzene rings is 2. The molecule has 1 aliphatic rings. The van der Waals surface area contributed by atoms with E-state index in [1.54, 1.807) is 12.1 Å². The van der Waals surface area contributed by atoms with Crippen LogP contribution in [0.2, 0.25) is 0 Å². The Hall–Kier alpha value is -2.20. The van der Waals surface area contributed by atoms with Crippen LogP contribution >= 0.6 is 0 Å². The van der Waals surface area contributed by atoms with Crippen LogP contribution in [0.5, 0.6) is 17.2 Å². The summed E-state index contributed by atoms with van der Waals surface area (Å²) in [6.07, 6.45) is 0.814. The Kier molecular flexibility index (Phi) is 4.72. The predicted octanol–water partition coefficient (Wildman–Crippen LogP) is 3.72. The fraction of sp³-hybridized carbons (Fsp3) is 0.368. The van der Waals surface area contributed by atoms with Crippen molar-refractivity contribution in [1.29, 1.82) is 0 Å². The van der Waals surface area contributed by atoms with Gasteiger partial charge in [-0.15, -0.1) is 0 Å². The number of fused-ring (bicyclic) bond motifs is 3. The molecule has 122 valence electrons. The van der Waals surface area contributed by atoms with Crippen molar-refractivity contribution in [1.82, 2.24) is 0 Å². The first-order valence-electron chi connectivity index (χ1n) is 7.99. The fourth-order valence-electron chi connectivity index (χ4n) is 2.96. The van der Waals surface area contributed by atoms with Gasteiger partial charge in [-0.3, -0.25) is 0 Å². The Bertz CT molecular complexity index is 694. The van der Waals surface area contributed by atoms with Gasteiger partial charge in [0.1, 0.15) is 23.9 Å². The molecule has 0 radical (unpaired) electrons. The van der Waals surface area contributed by atoms with Crippen LogP contribution in [0.15, 0.2) is 30.3 Å². The van der Waals surface area contributed by atoms with Gasteiger partial charge in [-0.2, -0.15) is 0 Å². The first-order valence-corrected chi connectivity index (χ1v) is 7.99. The molecule has 0 bridgehead atoms. The van der Waals surface area contributed by atoms with Crippen LogP contribution in [0.25, 0.3) is 11.1 Å². The van der Waals surface area contributed by atoms with Gasteiger partial charge in [-0.05, 0) is 60.9 Å². The molecule has 4 heteroatoms. The van der Waals surface area contributed by atoms with Gasteiger partial charge in [0.05, 0.1) is 13.2 Å². The Balaban J connectivity index is 1.94. The first kappa shape index (κ1) is 15.7. The van der Waals surface area contributed by atoms with E-state index in [1.165, 1.54) is 5.56 Å². The summed E-state index contributed by atoms with van der Waals surface area (Å²) in [5.74, 6) is 1.91. The normalized spacial score (nSPS) is 12.8. The van der Waals surface area contributed by atoms with Crippen molar-refractivity contribution < 1.29 is 19.3 Å². The molecule has 0 unspecified atom stereocenters. The van der Waals surface area contributed by atoms with Crippen LogP contribution in [0.4, 0.5) is 0 Å². The monoisotopic (exact) mass is 314 g/mol. The third-order valence-electron chi connectivity index (χ3n) is 3.95.